The van der Waals surface area contributed by atoms with Crippen LogP contribution >= 0.6 is 11.8 Å². The molecule has 0 aliphatic carbocycles. The number of halogens is 1. The van der Waals surface area contributed by atoms with Gasteiger partial charge in [-0.25, -0.2) is 4.39 Å². The molecule has 0 amide bonds. The summed E-state index contributed by atoms with van der Waals surface area (Å²) >= 11 is 1.56. The first-order valence-electron chi connectivity index (χ1n) is 7.91. The fourth-order valence-electron chi connectivity index (χ4n) is 2.29. The molecule has 122 valence electrons. The Morgan fingerprint density at radius 3 is 2.00 bits per heavy atom. The molecule has 2 nitrogen and oxygen atoms in total. The van der Waals surface area contributed by atoms with E-state index in [1.165, 1.54) is 12.1 Å². The molecule has 2 rings (SSSR count). The van der Waals surface area contributed by atoms with Crippen LogP contribution in [0.25, 0.3) is 0 Å². The summed E-state index contributed by atoms with van der Waals surface area (Å²) in [5.74, 6) is -0.0567. The number of hydrogen-bond donors (Lipinski definition) is 0. The van der Waals surface area contributed by atoms with Gasteiger partial charge in [0, 0.05) is 28.3 Å². The summed E-state index contributed by atoms with van der Waals surface area (Å²) in [4.78, 5) is 16.5. The molecule has 0 heterocycles. The Bertz CT molecular complexity index is 621. The molecule has 0 aromatic heterocycles. The summed E-state index contributed by atoms with van der Waals surface area (Å²) in [7, 11) is 0. The average Bonchev–Trinajstić information content (AvgIpc) is 2.58. The number of nitrogens with zero attached hydrogens (tertiary/aromatic N) is 1. The van der Waals surface area contributed by atoms with Gasteiger partial charge in [-0.3, -0.25) is 4.79 Å². The highest BCUT2D eigenvalue weighted by atomic mass is 32.2. The van der Waals surface area contributed by atoms with Crippen LogP contribution in [0.15, 0.2) is 58.3 Å². The van der Waals surface area contributed by atoms with E-state index in [9.17, 15) is 9.18 Å². The van der Waals surface area contributed by atoms with Gasteiger partial charge in [-0.05, 0) is 49.5 Å². The van der Waals surface area contributed by atoms with Gasteiger partial charge in [0.25, 0.3) is 0 Å². The Morgan fingerprint density at radius 1 is 0.957 bits per heavy atom. The molecule has 0 saturated heterocycles. The van der Waals surface area contributed by atoms with E-state index < -0.39 is 0 Å². The molecule has 0 aliphatic heterocycles. The quantitative estimate of drug-likeness (QED) is 0.642. The van der Waals surface area contributed by atoms with Gasteiger partial charge in [0.1, 0.15) is 5.82 Å². The monoisotopic (exact) mass is 331 g/mol. The van der Waals surface area contributed by atoms with Crippen LogP contribution in [0.2, 0.25) is 0 Å². The zero-order chi connectivity index (χ0) is 16.7. The van der Waals surface area contributed by atoms with Crippen molar-refractivity contribution in [1.29, 1.82) is 0 Å². The van der Waals surface area contributed by atoms with Crippen molar-refractivity contribution >= 4 is 17.5 Å². The van der Waals surface area contributed by atoms with Crippen molar-refractivity contribution in [3.63, 3.8) is 0 Å². The maximum absolute atomic E-state index is 12.9. The van der Waals surface area contributed by atoms with Crippen LogP contribution in [-0.4, -0.2) is 30.3 Å². The molecular formula is C19H22FNOS. The maximum Gasteiger partial charge on any atom is 0.164 e. The molecule has 0 bridgehead atoms. The number of Topliss-reactive ketones (excluding diaryl/α,β-unsaturated/α-hetero) is 1. The predicted molar refractivity (Wildman–Crippen MR) is 93.7 cm³/mol. The smallest absolute Gasteiger partial charge is 0.164 e. The lowest BCUT2D eigenvalue weighted by molar-refractivity contribution is 0.0966. The third kappa shape index (κ3) is 5.48. The predicted octanol–water partition coefficient (Wildman–Crippen LogP) is 4.89. The molecule has 2 aromatic carbocycles. The maximum atomic E-state index is 12.9. The van der Waals surface area contributed by atoms with Crippen molar-refractivity contribution in [3.8, 4) is 0 Å². The minimum atomic E-state index is -0.233. The van der Waals surface area contributed by atoms with Gasteiger partial charge in [0.15, 0.2) is 5.78 Å². The molecule has 0 N–H and O–H groups in total. The van der Waals surface area contributed by atoms with E-state index in [2.05, 4.69) is 18.7 Å². The number of carbonyl (C=O) groups excluding carboxylic acids is 1. The number of hydrogen-bond acceptors (Lipinski definition) is 3. The summed E-state index contributed by atoms with van der Waals surface area (Å²) in [6.07, 6.45) is 0.548. The Kier molecular flexibility index (Phi) is 6.81. The molecule has 0 aliphatic rings. The second-order valence-electron chi connectivity index (χ2n) is 5.28. The van der Waals surface area contributed by atoms with Gasteiger partial charge in [0.2, 0.25) is 0 Å². The number of rotatable bonds is 8. The van der Waals surface area contributed by atoms with Gasteiger partial charge in [-0.1, -0.05) is 37.7 Å². The van der Waals surface area contributed by atoms with Gasteiger partial charge in [0.05, 0.1) is 0 Å². The minimum absolute atomic E-state index is 0.176. The first kappa shape index (κ1) is 17.7. The second kappa shape index (κ2) is 8.85. The molecule has 0 fully saturated rings. The van der Waals surface area contributed by atoms with E-state index in [1.807, 2.05) is 24.3 Å². The Balaban J connectivity index is 1.93. The summed E-state index contributed by atoms with van der Waals surface area (Å²) in [6, 6.07) is 14.0. The van der Waals surface area contributed by atoms with E-state index in [0.29, 0.717) is 6.42 Å². The highest BCUT2D eigenvalue weighted by molar-refractivity contribution is 7.99. The summed E-state index contributed by atoms with van der Waals surface area (Å²) < 4.78 is 12.9. The first-order chi connectivity index (χ1) is 11.1. The summed E-state index contributed by atoms with van der Waals surface area (Å²) in [6.45, 7) is 6.96. The fraction of sp³-hybridized carbons (Fsp3) is 0.316. The van der Waals surface area contributed by atoms with Crippen LogP contribution in [-0.2, 0) is 0 Å². The zero-order valence-corrected chi connectivity index (χ0v) is 14.4. The van der Waals surface area contributed by atoms with E-state index in [-0.39, 0.29) is 11.6 Å². The molecule has 0 atom stereocenters. The van der Waals surface area contributed by atoms with Crippen molar-refractivity contribution in [1.82, 2.24) is 4.90 Å². The van der Waals surface area contributed by atoms with E-state index in [1.54, 1.807) is 23.9 Å². The van der Waals surface area contributed by atoms with E-state index in [4.69, 9.17) is 0 Å². The Hall–Kier alpha value is -1.65. The van der Waals surface area contributed by atoms with E-state index >= 15 is 0 Å². The summed E-state index contributed by atoms with van der Waals surface area (Å²) in [5, 5.41) is 0. The van der Waals surface area contributed by atoms with Crippen LogP contribution in [0.5, 0.6) is 0 Å². The highest BCUT2D eigenvalue weighted by Gasteiger charge is 2.08. The number of carbonyl (C=O) groups is 1. The minimum Gasteiger partial charge on any atom is -0.303 e. The van der Waals surface area contributed by atoms with Crippen LogP contribution in [0.3, 0.4) is 0 Å². The first-order valence-corrected chi connectivity index (χ1v) is 8.73. The molecule has 0 spiro atoms. The zero-order valence-electron chi connectivity index (χ0n) is 13.6. The fourth-order valence-corrected chi connectivity index (χ4v) is 3.11. The molecule has 0 saturated carbocycles. The topological polar surface area (TPSA) is 20.3 Å². The van der Waals surface area contributed by atoms with Gasteiger partial charge >= 0.3 is 0 Å². The Morgan fingerprint density at radius 2 is 1.48 bits per heavy atom. The van der Waals surface area contributed by atoms with Crippen molar-refractivity contribution in [2.45, 2.75) is 30.1 Å². The van der Waals surface area contributed by atoms with Gasteiger partial charge in [-0.15, -0.1) is 0 Å². The van der Waals surface area contributed by atoms with Crippen LogP contribution in [0.1, 0.15) is 30.6 Å². The molecule has 4 heteroatoms. The lowest BCUT2D eigenvalue weighted by atomic mass is 10.1. The summed E-state index contributed by atoms with van der Waals surface area (Å²) in [5.41, 5.74) is 0.751. The van der Waals surface area contributed by atoms with Crippen LogP contribution < -0.4 is 0 Å². The lowest BCUT2D eigenvalue weighted by Crippen LogP contribution is -2.25. The van der Waals surface area contributed by atoms with Crippen molar-refractivity contribution in [2.75, 3.05) is 19.6 Å². The standard InChI is InChI=1S/C19H22FNOS/c1-3-21(4-2)14-13-19(22)15-5-9-17(10-6-15)23-18-11-7-16(20)8-12-18/h5-12H,3-4,13-14H2,1-2H3. The largest absolute Gasteiger partial charge is 0.303 e. The van der Waals surface area contributed by atoms with Gasteiger partial charge < -0.3 is 4.90 Å². The number of ketones is 1. The van der Waals surface area contributed by atoms with Crippen molar-refractivity contribution < 1.29 is 9.18 Å². The van der Waals surface area contributed by atoms with Crippen LogP contribution in [0, 0.1) is 5.82 Å². The molecule has 0 unspecified atom stereocenters. The second-order valence-corrected chi connectivity index (χ2v) is 6.43. The Labute approximate surface area is 141 Å². The molecule has 0 radical (unpaired) electrons. The third-order valence-electron chi connectivity index (χ3n) is 3.78. The van der Waals surface area contributed by atoms with Crippen molar-refractivity contribution in [3.05, 3.63) is 59.9 Å². The molecular weight excluding hydrogens is 309 g/mol. The lowest BCUT2D eigenvalue weighted by Gasteiger charge is -2.17. The van der Waals surface area contributed by atoms with Crippen LogP contribution in [0.4, 0.5) is 4.39 Å². The van der Waals surface area contributed by atoms with Gasteiger partial charge in [-0.2, -0.15) is 0 Å². The van der Waals surface area contributed by atoms with Crippen molar-refractivity contribution in [2.24, 2.45) is 0 Å². The number of benzene rings is 2. The SMILES string of the molecule is CCN(CC)CCC(=O)c1ccc(Sc2ccc(F)cc2)cc1. The van der Waals surface area contributed by atoms with E-state index in [0.717, 1.165) is 35.0 Å². The highest BCUT2D eigenvalue weighted by Crippen LogP contribution is 2.27. The third-order valence-corrected chi connectivity index (χ3v) is 4.79. The molecule has 2 aromatic rings. The average molecular weight is 331 g/mol. The molecule has 23 heavy (non-hydrogen) atoms. The normalized spacial score (nSPS) is 11.0.